The summed E-state index contributed by atoms with van der Waals surface area (Å²) >= 11 is 0. The second-order valence-corrected chi connectivity index (χ2v) is 11.0. The van der Waals surface area contributed by atoms with Gasteiger partial charge in [0.1, 0.15) is 11.2 Å². The topological polar surface area (TPSA) is 161 Å². The maximum Gasteiger partial charge on any atom is 0.410 e. The molecule has 3 amide bonds. The zero-order valence-corrected chi connectivity index (χ0v) is 22.5. The number of carbonyl (C=O) groups excluding carboxylic acids is 3. The van der Waals surface area contributed by atoms with Gasteiger partial charge in [0.2, 0.25) is 5.91 Å². The van der Waals surface area contributed by atoms with Crippen LogP contribution in [0.3, 0.4) is 0 Å². The van der Waals surface area contributed by atoms with Gasteiger partial charge in [0.25, 0.3) is 0 Å². The van der Waals surface area contributed by atoms with Crippen LogP contribution in [0.4, 0.5) is 9.59 Å². The molecule has 2 atom stereocenters. The van der Waals surface area contributed by atoms with Crippen LogP contribution in [0, 0.1) is 11.8 Å². The number of hydrogen-bond acceptors (Lipinski definition) is 8. The highest BCUT2D eigenvalue weighted by molar-refractivity contribution is 5.80. The Kier molecular flexibility index (Phi) is 12.4. The minimum atomic E-state index is -0.846. The molecule has 3 aliphatic heterocycles. The largest absolute Gasteiger partial charge is 0.481 e. The molecule has 208 valence electrons. The first-order chi connectivity index (χ1) is 16.6. The van der Waals surface area contributed by atoms with Crippen LogP contribution >= 0.6 is 0 Å². The van der Waals surface area contributed by atoms with Gasteiger partial charge in [-0.3, -0.25) is 15.0 Å². The number of amides is 3. The number of nitrogens with one attached hydrogen (secondary N) is 1. The Balaban J connectivity index is 0.000000302. The van der Waals surface area contributed by atoms with E-state index in [0.29, 0.717) is 32.5 Å². The fourth-order valence-electron chi connectivity index (χ4n) is 3.55. The number of carboxylic acids is 1. The SMILES string of the molecule is C1CCOC1.CC(C)(C)OC(=O)N1CC[C@@H](C(=O)NN)C1.CC(C)(C)OC(=O)N1CC[C@@H](C(=O)O)C1. The number of nitrogens with two attached hydrogens (primary N) is 1. The van der Waals surface area contributed by atoms with E-state index in [-0.39, 0.29) is 24.5 Å². The van der Waals surface area contributed by atoms with Gasteiger partial charge in [-0.1, -0.05) is 0 Å². The molecule has 12 nitrogen and oxygen atoms in total. The summed E-state index contributed by atoms with van der Waals surface area (Å²) in [7, 11) is 0. The molecule has 0 aliphatic carbocycles. The van der Waals surface area contributed by atoms with Crippen molar-refractivity contribution in [3.8, 4) is 0 Å². The molecule has 12 heteroatoms. The summed E-state index contributed by atoms with van der Waals surface area (Å²) in [6, 6.07) is 0. The number of hydrazine groups is 1. The highest BCUT2D eigenvalue weighted by atomic mass is 16.6. The van der Waals surface area contributed by atoms with Gasteiger partial charge >= 0.3 is 18.2 Å². The predicted molar refractivity (Wildman–Crippen MR) is 132 cm³/mol. The molecule has 0 unspecified atom stereocenters. The molecule has 3 fully saturated rings. The van der Waals surface area contributed by atoms with Gasteiger partial charge in [-0.25, -0.2) is 15.4 Å². The monoisotopic (exact) mass is 516 g/mol. The molecule has 3 rings (SSSR count). The molecule has 0 saturated carbocycles. The first-order valence-corrected chi connectivity index (χ1v) is 12.4. The van der Waals surface area contributed by atoms with Crippen molar-refractivity contribution >= 4 is 24.1 Å². The maximum atomic E-state index is 11.7. The van der Waals surface area contributed by atoms with Crippen molar-refractivity contribution in [2.45, 2.75) is 78.4 Å². The molecular formula is C24H44N4O8. The summed E-state index contributed by atoms with van der Waals surface area (Å²) in [4.78, 5) is 48.1. The Morgan fingerprint density at radius 1 is 0.833 bits per heavy atom. The van der Waals surface area contributed by atoms with Crippen LogP contribution in [0.25, 0.3) is 0 Å². The van der Waals surface area contributed by atoms with Crippen LogP contribution in [-0.2, 0) is 23.8 Å². The van der Waals surface area contributed by atoms with Crippen molar-refractivity contribution in [2.75, 3.05) is 39.4 Å². The molecule has 3 heterocycles. The molecular weight excluding hydrogens is 472 g/mol. The zero-order valence-electron chi connectivity index (χ0n) is 22.5. The van der Waals surface area contributed by atoms with Gasteiger partial charge in [0, 0.05) is 39.4 Å². The average molecular weight is 517 g/mol. The Labute approximate surface area is 213 Å². The van der Waals surface area contributed by atoms with Crippen molar-refractivity contribution in [1.29, 1.82) is 0 Å². The van der Waals surface area contributed by atoms with Crippen LogP contribution in [0.1, 0.15) is 67.2 Å². The number of aliphatic carboxylic acids is 1. The molecule has 4 N–H and O–H groups in total. The predicted octanol–water partition coefficient (Wildman–Crippen LogP) is 2.36. The van der Waals surface area contributed by atoms with Crippen LogP contribution in [0.2, 0.25) is 0 Å². The number of carboxylic acid groups (broad SMARTS) is 1. The fourth-order valence-corrected chi connectivity index (χ4v) is 3.55. The summed E-state index contributed by atoms with van der Waals surface area (Å²) in [5.74, 6) is 3.29. The van der Waals surface area contributed by atoms with E-state index in [2.05, 4.69) is 5.43 Å². The van der Waals surface area contributed by atoms with Gasteiger partial charge in [0.05, 0.1) is 11.8 Å². The zero-order chi connectivity index (χ0) is 27.5. The molecule has 0 aromatic rings. The number of carbonyl (C=O) groups is 4. The fraction of sp³-hybridized carbons (Fsp3) is 0.833. The first-order valence-electron chi connectivity index (χ1n) is 12.4. The van der Waals surface area contributed by atoms with E-state index in [1.165, 1.54) is 22.6 Å². The van der Waals surface area contributed by atoms with E-state index in [4.69, 9.17) is 25.2 Å². The number of likely N-dealkylation sites (tertiary alicyclic amines) is 2. The van der Waals surface area contributed by atoms with Crippen molar-refractivity contribution in [3.63, 3.8) is 0 Å². The summed E-state index contributed by atoms with van der Waals surface area (Å²) in [6.07, 6.45) is 2.89. The molecule has 3 saturated heterocycles. The number of ether oxygens (including phenoxy) is 3. The number of nitrogens with zero attached hydrogens (tertiary/aromatic N) is 2. The van der Waals surface area contributed by atoms with Crippen molar-refractivity contribution in [3.05, 3.63) is 0 Å². The highest BCUT2D eigenvalue weighted by Gasteiger charge is 2.34. The molecule has 0 spiro atoms. The van der Waals surface area contributed by atoms with E-state index >= 15 is 0 Å². The third kappa shape index (κ3) is 12.4. The van der Waals surface area contributed by atoms with Gasteiger partial charge in [0.15, 0.2) is 0 Å². The van der Waals surface area contributed by atoms with Crippen molar-refractivity contribution < 1.29 is 38.5 Å². The lowest BCUT2D eigenvalue weighted by atomic mass is 10.1. The summed E-state index contributed by atoms with van der Waals surface area (Å²) < 4.78 is 15.3. The Hall–Kier alpha value is -2.60. The molecule has 0 aromatic carbocycles. The minimum absolute atomic E-state index is 0.225. The first kappa shape index (κ1) is 31.4. The summed E-state index contributed by atoms with van der Waals surface area (Å²) in [5, 5.41) is 8.77. The lowest BCUT2D eigenvalue weighted by Gasteiger charge is -2.24. The number of rotatable bonds is 2. The van der Waals surface area contributed by atoms with Gasteiger partial charge < -0.3 is 29.1 Å². The van der Waals surface area contributed by atoms with E-state index < -0.39 is 29.2 Å². The smallest absolute Gasteiger partial charge is 0.410 e. The molecule has 0 radical (unpaired) electrons. The molecule has 3 aliphatic rings. The Morgan fingerprint density at radius 3 is 1.56 bits per heavy atom. The van der Waals surface area contributed by atoms with E-state index in [0.717, 1.165) is 13.2 Å². The minimum Gasteiger partial charge on any atom is -0.481 e. The Bertz CT molecular complexity index is 736. The summed E-state index contributed by atoms with van der Waals surface area (Å²) in [5.41, 5.74) is 1.06. The van der Waals surface area contributed by atoms with Gasteiger partial charge in [-0.2, -0.15) is 0 Å². The Morgan fingerprint density at radius 2 is 1.25 bits per heavy atom. The van der Waals surface area contributed by atoms with Gasteiger partial charge in [-0.15, -0.1) is 0 Å². The lowest BCUT2D eigenvalue weighted by molar-refractivity contribution is -0.141. The van der Waals surface area contributed by atoms with Gasteiger partial charge in [-0.05, 0) is 67.2 Å². The normalized spacial score (nSPS) is 21.5. The molecule has 0 aromatic heterocycles. The third-order valence-corrected chi connectivity index (χ3v) is 5.37. The van der Waals surface area contributed by atoms with Crippen LogP contribution in [0.15, 0.2) is 0 Å². The highest BCUT2D eigenvalue weighted by Crippen LogP contribution is 2.20. The lowest BCUT2D eigenvalue weighted by Crippen LogP contribution is -2.39. The second-order valence-electron chi connectivity index (χ2n) is 11.0. The van der Waals surface area contributed by atoms with E-state index in [1.807, 2.05) is 20.8 Å². The van der Waals surface area contributed by atoms with Crippen molar-refractivity contribution in [1.82, 2.24) is 15.2 Å². The van der Waals surface area contributed by atoms with Crippen LogP contribution < -0.4 is 11.3 Å². The van der Waals surface area contributed by atoms with Crippen LogP contribution in [-0.4, -0.2) is 89.6 Å². The molecule has 36 heavy (non-hydrogen) atoms. The average Bonchev–Trinajstić information content (AvgIpc) is 3.54. The van der Waals surface area contributed by atoms with Crippen molar-refractivity contribution in [2.24, 2.45) is 17.7 Å². The standard InChI is InChI=1S/C10H19N3O3.C10H17NO4.C4H8O/c1-10(2,3)16-9(15)13-5-4-7(6-13)8(14)12-11;1-10(2,3)15-9(14)11-5-4-7(6-11)8(12)13;1-2-4-5-3-1/h7H,4-6,11H2,1-3H3,(H,12,14);7H,4-6H2,1-3H3,(H,12,13);1-4H2/t2*7-;/m11./s1. The van der Waals surface area contributed by atoms with E-state index in [1.54, 1.807) is 20.8 Å². The van der Waals surface area contributed by atoms with E-state index in [9.17, 15) is 19.2 Å². The maximum absolute atomic E-state index is 11.7. The second kappa shape index (κ2) is 14.2. The van der Waals surface area contributed by atoms with Crippen LogP contribution in [0.5, 0.6) is 0 Å². The summed E-state index contributed by atoms with van der Waals surface area (Å²) in [6.45, 7) is 14.4. The number of hydrogen-bond donors (Lipinski definition) is 3. The third-order valence-electron chi connectivity index (χ3n) is 5.37. The quantitative estimate of drug-likeness (QED) is 0.284. The molecule has 0 bridgehead atoms.